The molecular weight excluding hydrogens is 253 g/mol. The predicted molar refractivity (Wildman–Crippen MR) is 74.5 cm³/mol. The second-order valence-corrected chi connectivity index (χ2v) is 5.27. The molecule has 1 fully saturated rings. The number of nitriles is 1. The molecule has 0 atom stereocenters. The van der Waals surface area contributed by atoms with E-state index in [2.05, 4.69) is 5.32 Å². The minimum Gasteiger partial charge on any atom is -0.349 e. The van der Waals surface area contributed by atoms with Gasteiger partial charge in [-0.3, -0.25) is 0 Å². The summed E-state index contributed by atoms with van der Waals surface area (Å²) in [4.78, 5) is 0. The third kappa shape index (κ3) is 3.06. The minimum atomic E-state index is -0.268. The van der Waals surface area contributed by atoms with E-state index in [1.807, 2.05) is 29.1 Å². The number of aromatic nitrogens is 1. The molecule has 0 spiro atoms. The Morgan fingerprint density at radius 2 is 2.20 bits per heavy atom. The maximum Gasteiger partial charge on any atom is 0.128 e. The summed E-state index contributed by atoms with van der Waals surface area (Å²) in [7, 11) is 0. The van der Waals surface area contributed by atoms with Crippen molar-refractivity contribution in [3.63, 3.8) is 0 Å². The lowest BCUT2D eigenvalue weighted by molar-refractivity contribution is 0.599. The Labute approximate surface area is 117 Å². The van der Waals surface area contributed by atoms with Crippen molar-refractivity contribution < 1.29 is 4.39 Å². The van der Waals surface area contributed by atoms with Gasteiger partial charge in [0.25, 0.3) is 0 Å². The smallest absolute Gasteiger partial charge is 0.128 e. The largest absolute Gasteiger partial charge is 0.349 e. The van der Waals surface area contributed by atoms with E-state index in [1.165, 1.54) is 30.5 Å². The van der Waals surface area contributed by atoms with Gasteiger partial charge in [0.2, 0.25) is 0 Å². The van der Waals surface area contributed by atoms with Gasteiger partial charge in [0.15, 0.2) is 0 Å². The quantitative estimate of drug-likeness (QED) is 0.906. The molecule has 1 saturated carbocycles. The first-order valence-electron chi connectivity index (χ1n) is 6.81. The Kier molecular flexibility index (Phi) is 3.53. The molecule has 0 bridgehead atoms. The van der Waals surface area contributed by atoms with E-state index in [0.29, 0.717) is 23.7 Å². The average molecular weight is 269 g/mol. The zero-order chi connectivity index (χ0) is 13.9. The van der Waals surface area contributed by atoms with Crippen LogP contribution in [0.15, 0.2) is 36.7 Å². The van der Waals surface area contributed by atoms with E-state index >= 15 is 0 Å². The maximum absolute atomic E-state index is 13.7. The Bertz CT molecular complexity index is 650. The molecule has 0 aliphatic heterocycles. The lowest BCUT2D eigenvalue weighted by Gasteiger charge is -2.05. The van der Waals surface area contributed by atoms with Crippen molar-refractivity contribution in [3.05, 3.63) is 59.2 Å². The van der Waals surface area contributed by atoms with Gasteiger partial charge in [-0.25, -0.2) is 4.39 Å². The highest BCUT2D eigenvalue weighted by molar-refractivity contribution is 5.34. The maximum atomic E-state index is 13.7. The van der Waals surface area contributed by atoms with Crippen molar-refractivity contribution in [1.82, 2.24) is 9.88 Å². The van der Waals surface area contributed by atoms with Crippen LogP contribution in [0.25, 0.3) is 0 Å². The van der Waals surface area contributed by atoms with E-state index in [-0.39, 0.29) is 5.82 Å². The summed E-state index contributed by atoms with van der Waals surface area (Å²) in [5.74, 6) is -0.268. The van der Waals surface area contributed by atoms with Crippen LogP contribution < -0.4 is 5.32 Å². The molecule has 1 aromatic heterocycles. The van der Waals surface area contributed by atoms with Crippen LogP contribution in [0.2, 0.25) is 0 Å². The van der Waals surface area contributed by atoms with Gasteiger partial charge in [-0.05, 0) is 42.7 Å². The fraction of sp³-hybridized carbons (Fsp3) is 0.312. The molecule has 0 saturated heterocycles. The third-order valence-corrected chi connectivity index (χ3v) is 3.51. The van der Waals surface area contributed by atoms with Gasteiger partial charge in [0.05, 0.1) is 11.6 Å². The summed E-state index contributed by atoms with van der Waals surface area (Å²) in [6.45, 7) is 1.31. The predicted octanol–water partition coefficient (Wildman–Crippen LogP) is 2.80. The van der Waals surface area contributed by atoms with Crippen LogP contribution in [0, 0.1) is 17.1 Å². The highest BCUT2D eigenvalue weighted by Crippen LogP contribution is 2.19. The lowest BCUT2D eigenvalue weighted by Crippen LogP contribution is -2.14. The fourth-order valence-corrected chi connectivity index (χ4v) is 2.21. The van der Waals surface area contributed by atoms with Crippen molar-refractivity contribution >= 4 is 0 Å². The standard InChI is InChI=1S/C16H16FN3/c17-16-4-1-12(8-18)7-14(16)11-20-6-5-13(10-20)9-19-15-2-3-15/h1,4-7,10,15,19H,2-3,9,11H2. The zero-order valence-corrected chi connectivity index (χ0v) is 11.1. The molecular formula is C16H16FN3. The van der Waals surface area contributed by atoms with Gasteiger partial charge < -0.3 is 9.88 Å². The number of hydrogen-bond donors (Lipinski definition) is 1. The van der Waals surface area contributed by atoms with Crippen LogP contribution in [0.4, 0.5) is 4.39 Å². The SMILES string of the molecule is N#Cc1ccc(F)c(Cn2ccc(CNC3CC3)c2)c1. The van der Waals surface area contributed by atoms with Crippen molar-refractivity contribution in [2.75, 3.05) is 0 Å². The van der Waals surface area contributed by atoms with E-state index in [0.717, 1.165) is 6.54 Å². The molecule has 3 rings (SSSR count). The summed E-state index contributed by atoms with van der Waals surface area (Å²) < 4.78 is 15.7. The normalized spacial score (nSPS) is 14.2. The molecule has 0 radical (unpaired) electrons. The average Bonchev–Trinajstić information content (AvgIpc) is 3.19. The molecule has 1 aliphatic carbocycles. The van der Waals surface area contributed by atoms with Crippen molar-refractivity contribution in [1.29, 1.82) is 5.26 Å². The van der Waals surface area contributed by atoms with Crippen LogP contribution in [-0.2, 0) is 13.1 Å². The van der Waals surface area contributed by atoms with Crippen molar-refractivity contribution in [3.8, 4) is 6.07 Å². The second kappa shape index (κ2) is 5.48. The van der Waals surface area contributed by atoms with Crippen LogP contribution in [-0.4, -0.2) is 10.6 Å². The molecule has 1 N–H and O–H groups in total. The molecule has 20 heavy (non-hydrogen) atoms. The molecule has 0 unspecified atom stereocenters. The molecule has 102 valence electrons. The molecule has 4 heteroatoms. The summed E-state index contributed by atoms with van der Waals surface area (Å²) >= 11 is 0. The highest BCUT2D eigenvalue weighted by atomic mass is 19.1. The topological polar surface area (TPSA) is 40.8 Å². The van der Waals surface area contributed by atoms with Gasteiger partial charge in [-0.1, -0.05) is 0 Å². The molecule has 3 nitrogen and oxygen atoms in total. The monoisotopic (exact) mass is 269 g/mol. The summed E-state index contributed by atoms with van der Waals surface area (Å²) in [6, 6.07) is 9.23. The number of rotatable bonds is 5. The van der Waals surface area contributed by atoms with Gasteiger partial charge in [0, 0.05) is 37.1 Å². The molecule has 1 heterocycles. The molecule has 2 aromatic rings. The number of nitrogens with zero attached hydrogens (tertiary/aromatic N) is 2. The summed E-state index contributed by atoms with van der Waals surface area (Å²) in [5, 5.41) is 12.3. The van der Waals surface area contributed by atoms with E-state index < -0.39 is 0 Å². The Balaban J connectivity index is 1.69. The molecule has 1 aliphatic rings. The second-order valence-electron chi connectivity index (χ2n) is 5.27. The van der Waals surface area contributed by atoms with Gasteiger partial charge in [-0.15, -0.1) is 0 Å². The van der Waals surface area contributed by atoms with Crippen molar-refractivity contribution in [2.45, 2.75) is 32.0 Å². The Morgan fingerprint density at radius 3 is 2.95 bits per heavy atom. The first-order valence-corrected chi connectivity index (χ1v) is 6.81. The van der Waals surface area contributed by atoms with Crippen LogP contribution >= 0.6 is 0 Å². The number of nitrogens with one attached hydrogen (secondary N) is 1. The number of benzene rings is 1. The first-order chi connectivity index (χ1) is 9.74. The highest BCUT2D eigenvalue weighted by Gasteiger charge is 2.19. The number of halogens is 1. The Morgan fingerprint density at radius 1 is 1.35 bits per heavy atom. The van der Waals surface area contributed by atoms with Crippen LogP contribution in [0.3, 0.4) is 0 Å². The summed E-state index contributed by atoms with van der Waals surface area (Å²) in [5.41, 5.74) is 2.24. The minimum absolute atomic E-state index is 0.268. The van der Waals surface area contributed by atoms with Crippen molar-refractivity contribution in [2.24, 2.45) is 0 Å². The van der Waals surface area contributed by atoms with Gasteiger partial charge >= 0.3 is 0 Å². The van der Waals surface area contributed by atoms with Gasteiger partial charge in [-0.2, -0.15) is 5.26 Å². The lowest BCUT2D eigenvalue weighted by atomic mass is 10.1. The fourth-order valence-electron chi connectivity index (χ4n) is 2.21. The third-order valence-electron chi connectivity index (χ3n) is 3.51. The molecule has 0 amide bonds. The zero-order valence-electron chi connectivity index (χ0n) is 11.1. The van der Waals surface area contributed by atoms with E-state index in [4.69, 9.17) is 5.26 Å². The summed E-state index contributed by atoms with van der Waals surface area (Å²) in [6.07, 6.45) is 6.51. The van der Waals surface area contributed by atoms with Gasteiger partial charge in [0.1, 0.15) is 5.82 Å². The molecule has 1 aromatic carbocycles. The van der Waals surface area contributed by atoms with Crippen LogP contribution in [0.5, 0.6) is 0 Å². The Hall–Kier alpha value is -2.12. The van der Waals surface area contributed by atoms with Crippen LogP contribution in [0.1, 0.15) is 29.5 Å². The number of hydrogen-bond acceptors (Lipinski definition) is 2. The van der Waals surface area contributed by atoms with E-state index in [9.17, 15) is 4.39 Å². The van der Waals surface area contributed by atoms with E-state index in [1.54, 1.807) is 6.07 Å². The first kappa shape index (κ1) is 12.9.